The summed E-state index contributed by atoms with van der Waals surface area (Å²) in [6, 6.07) is 0.0366. The number of piperidine rings is 1. The third-order valence-electron chi connectivity index (χ3n) is 3.45. The van der Waals surface area contributed by atoms with Gasteiger partial charge >= 0.3 is 6.03 Å². The number of hydrogen-bond donors (Lipinski definition) is 4. The summed E-state index contributed by atoms with van der Waals surface area (Å²) in [5.74, 6) is 0.0895. The van der Waals surface area contributed by atoms with E-state index in [9.17, 15) is 4.79 Å². The number of amides is 2. The lowest BCUT2D eigenvalue weighted by Gasteiger charge is -2.46. The molecule has 2 amide bonds. The van der Waals surface area contributed by atoms with Gasteiger partial charge in [-0.2, -0.15) is 0 Å². The lowest BCUT2D eigenvalue weighted by molar-refractivity contribution is 0.147. The Morgan fingerprint density at radius 2 is 1.84 bits per heavy atom. The number of nitrogens with one attached hydrogen (secondary N) is 3. The molecule has 0 aliphatic carbocycles. The topological polar surface area (TPSA) is 73.4 Å². The van der Waals surface area contributed by atoms with Crippen LogP contribution in [0, 0.1) is 5.92 Å². The van der Waals surface area contributed by atoms with Crippen molar-refractivity contribution in [2.75, 3.05) is 13.2 Å². The van der Waals surface area contributed by atoms with Crippen molar-refractivity contribution in [3.05, 3.63) is 0 Å². The Bertz CT molecular complexity index is 300. The van der Waals surface area contributed by atoms with Crippen molar-refractivity contribution in [1.82, 2.24) is 16.0 Å². The van der Waals surface area contributed by atoms with E-state index in [1.54, 1.807) is 0 Å². The van der Waals surface area contributed by atoms with Crippen LogP contribution in [0.1, 0.15) is 47.5 Å². The molecule has 1 rings (SSSR count). The third kappa shape index (κ3) is 5.78. The van der Waals surface area contributed by atoms with E-state index >= 15 is 0 Å². The number of aliphatic hydroxyl groups excluding tert-OH is 1. The third-order valence-corrected chi connectivity index (χ3v) is 3.45. The van der Waals surface area contributed by atoms with E-state index in [0.29, 0.717) is 6.54 Å². The van der Waals surface area contributed by atoms with Gasteiger partial charge in [-0.25, -0.2) is 4.79 Å². The molecule has 1 atom stereocenters. The van der Waals surface area contributed by atoms with E-state index in [2.05, 4.69) is 43.6 Å². The Labute approximate surface area is 116 Å². The minimum absolute atomic E-state index is 0.0259. The SMILES string of the molecule is CC(CO)CNC(=O)NC1CC(C)(C)NC(C)(C)C1. The molecule has 1 aliphatic heterocycles. The van der Waals surface area contributed by atoms with Crippen LogP contribution in [-0.2, 0) is 0 Å². The number of rotatable bonds is 4. The molecule has 5 nitrogen and oxygen atoms in total. The van der Waals surface area contributed by atoms with Crippen molar-refractivity contribution < 1.29 is 9.90 Å². The normalized spacial score (nSPS) is 23.7. The van der Waals surface area contributed by atoms with Gasteiger partial charge in [0.1, 0.15) is 0 Å². The average Bonchev–Trinajstić information content (AvgIpc) is 2.21. The molecule has 0 spiro atoms. The maximum Gasteiger partial charge on any atom is 0.315 e. The smallest absolute Gasteiger partial charge is 0.315 e. The molecule has 0 aromatic carbocycles. The summed E-state index contributed by atoms with van der Waals surface area (Å²) in [7, 11) is 0. The largest absolute Gasteiger partial charge is 0.396 e. The second-order valence-corrected chi connectivity index (χ2v) is 7.14. The van der Waals surface area contributed by atoms with E-state index in [1.165, 1.54) is 0 Å². The predicted molar refractivity (Wildman–Crippen MR) is 77.1 cm³/mol. The van der Waals surface area contributed by atoms with Gasteiger partial charge in [-0.15, -0.1) is 0 Å². The predicted octanol–water partition coefficient (Wildman–Crippen LogP) is 1.22. The molecular formula is C14H29N3O2. The molecule has 4 N–H and O–H groups in total. The zero-order valence-electron chi connectivity index (χ0n) is 12.8. The van der Waals surface area contributed by atoms with Crippen LogP contribution in [0.25, 0.3) is 0 Å². The second kappa shape index (κ2) is 6.09. The van der Waals surface area contributed by atoms with Crippen LogP contribution in [0.5, 0.6) is 0 Å². The summed E-state index contributed by atoms with van der Waals surface area (Å²) in [4.78, 5) is 11.8. The number of aliphatic hydroxyl groups is 1. The van der Waals surface area contributed by atoms with Crippen LogP contribution in [0.2, 0.25) is 0 Å². The average molecular weight is 271 g/mol. The van der Waals surface area contributed by atoms with Crippen molar-refractivity contribution in [3.8, 4) is 0 Å². The first kappa shape index (κ1) is 16.2. The van der Waals surface area contributed by atoms with Gasteiger partial charge in [0.2, 0.25) is 0 Å². The number of hydrogen-bond acceptors (Lipinski definition) is 3. The molecule has 1 fully saturated rings. The van der Waals surface area contributed by atoms with Crippen molar-refractivity contribution >= 4 is 6.03 Å². The van der Waals surface area contributed by atoms with Crippen LogP contribution in [0.15, 0.2) is 0 Å². The van der Waals surface area contributed by atoms with Crippen LogP contribution < -0.4 is 16.0 Å². The minimum atomic E-state index is -0.140. The molecule has 0 radical (unpaired) electrons. The standard InChI is InChI=1S/C14H29N3O2/c1-10(9-18)8-15-12(19)16-11-6-13(2,3)17-14(4,5)7-11/h10-11,17-18H,6-9H2,1-5H3,(H2,15,16,19). The number of carbonyl (C=O) groups is 1. The fraction of sp³-hybridized carbons (Fsp3) is 0.929. The lowest BCUT2D eigenvalue weighted by atomic mass is 9.80. The minimum Gasteiger partial charge on any atom is -0.396 e. The Morgan fingerprint density at radius 1 is 1.32 bits per heavy atom. The molecule has 0 bridgehead atoms. The highest BCUT2D eigenvalue weighted by Crippen LogP contribution is 2.28. The molecule has 1 heterocycles. The van der Waals surface area contributed by atoms with Crippen LogP contribution in [0.4, 0.5) is 4.79 Å². The van der Waals surface area contributed by atoms with Crippen molar-refractivity contribution in [3.63, 3.8) is 0 Å². The highest BCUT2D eigenvalue weighted by molar-refractivity contribution is 5.74. The zero-order chi connectivity index (χ0) is 14.7. The molecular weight excluding hydrogens is 242 g/mol. The maximum atomic E-state index is 11.8. The van der Waals surface area contributed by atoms with E-state index in [-0.39, 0.29) is 35.7 Å². The van der Waals surface area contributed by atoms with Crippen LogP contribution >= 0.6 is 0 Å². The molecule has 0 aromatic rings. The Morgan fingerprint density at radius 3 is 2.32 bits per heavy atom. The monoisotopic (exact) mass is 271 g/mol. The number of urea groups is 1. The summed E-state index contributed by atoms with van der Waals surface area (Å²) in [5.41, 5.74) is 0.0518. The van der Waals surface area contributed by atoms with Gasteiger partial charge in [0, 0.05) is 30.3 Å². The fourth-order valence-electron chi connectivity index (χ4n) is 2.99. The van der Waals surface area contributed by atoms with Crippen molar-refractivity contribution in [2.24, 2.45) is 5.92 Å². The Kier molecular flexibility index (Phi) is 5.21. The summed E-state index contributed by atoms with van der Waals surface area (Å²) >= 11 is 0. The van der Waals surface area contributed by atoms with E-state index in [1.807, 2.05) is 6.92 Å². The quantitative estimate of drug-likeness (QED) is 0.621. The van der Waals surface area contributed by atoms with Gasteiger partial charge in [0.05, 0.1) is 0 Å². The van der Waals surface area contributed by atoms with Gasteiger partial charge in [0.15, 0.2) is 0 Å². The fourth-order valence-corrected chi connectivity index (χ4v) is 2.99. The molecule has 1 aliphatic rings. The zero-order valence-corrected chi connectivity index (χ0v) is 12.8. The van der Waals surface area contributed by atoms with Crippen LogP contribution in [-0.4, -0.2) is 41.4 Å². The van der Waals surface area contributed by atoms with Crippen LogP contribution in [0.3, 0.4) is 0 Å². The van der Waals surface area contributed by atoms with E-state index < -0.39 is 0 Å². The van der Waals surface area contributed by atoms with E-state index in [4.69, 9.17) is 5.11 Å². The van der Waals surface area contributed by atoms with E-state index in [0.717, 1.165) is 12.8 Å². The van der Waals surface area contributed by atoms with Gasteiger partial charge in [-0.3, -0.25) is 0 Å². The molecule has 1 unspecified atom stereocenters. The number of carbonyl (C=O) groups excluding carboxylic acids is 1. The van der Waals surface area contributed by atoms with Gasteiger partial charge in [0.25, 0.3) is 0 Å². The summed E-state index contributed by atoms with van der Waals surface area (Å²) < 4.78 is 0. The van der Waals surface area contributed by atoms with Gasteiger partial charge < -0.3 is 21.1 Å². The Hall–Kier alpha value is -0.810. The van der Waals surface area contributed by atoms with Gasteiger partial charge in [-0.05, 0) is 46.5 Å². The summed E-state index contributed by atoms with van der Waals surface area (Å²) in [6.45, 7) is 11.1. The second-order valence-electron chi connectivity index (χ2n) is 7.14. The molecule has 1 saturated heterocycles. The first-order valence-corrected chi connectivity index (χ1v) is 7.08. The molecule has 19 heavy (non-hydrogen) atoms. The summed E-state index contributed by atoms with van der Waals surface area (Å²) in [6.07, 6.45) is 1.83. The van der Waals surface area contributed by atoms with Gasteiger partial charge in [-0.1, -0.05) is 6.92 Å². The summed E-state index contributed by atoms with van der Waals surface area (Å²) in [5, 5.41) is 18.4. The van der Waals surface area contributed by atoms with Crippen molar-refractivity contribution in [2.45, 2.75) is 64.6 Å². The first-order valence-electron chi connectivity index (χ1n) is 7.08. The molecule has 5 heteroatoms. The first-order chi connectivity index (χ1) is 8.63. The van der Waals surface area contributed by atoms with Crippen molar-refractivity contribution in [1.29, 1.82) is 0 Å². The molecule has 0 saturated carbocycles. The molecule has 112 valence electrons. The highest BCUT2D eigenvalue weighted by Gasteiger charge is 2.38. The lowest BCUT2D eigenvalue weighted by Crippen LogP contribution is -2.62. The molecule has 0 aromatic heterocycles. The maximum absolute atomic E-state index is 11.8. The Balaban J connectivity index is 2.45. The highest BCUT2D eigenvalue weighted by atomic mass is 16.3.